The topological polar surface area (TPSA) is 137 Å². The van der Waals surface area contributed by atoms with E-state index in [1.54, 1.807) is 42.5 Å². The summed E-state index contributed by atoms with van der Waals surface area (Å²) in [6, 6.07) is 13.2. The van der Waals surface area contributed by atoms with E-state index < -0.39 is 5.97 Å². The molecule has 0 amide bonds. The lowest BCUT2D eigenvalue weighted by atomic mass is 10.1. The summed E-state index contributed by atoms with van der Waals surface area (Å²) in [5.41, 5.74) is 5.84. The third-order valence-electron chi connectivity index (χ3n) is 4.02. The second-order valence-electron chi connectivity index (χ2n) is 6.07. The van der Waals surface area contributed by atoms with Gasteiger partial charge in [0.15, 0.2) is 5.57 Å². The number of nitrogens with zero attached hydrogens (tertiary/aromatic N) is 3. The van der Waals surface area contributed by atoms with E-state index in [0.29, 0.717) is 17.9 Å². The Morgan fingerprint density at radius 1 is 1.20 bits per heavy atom. The molecule has 0 bridgehead atoms. The van der Waals surface area contributed by atoms with Gasteiger partial charge in [0.25, 0.3) is 0 Å². The summed E-state index contributed by atoms with van der Waals surface area (Å²) < 4.78 is 10.9. The van der Waals surface area contributed by atoms with Crippen LogP contribution in [0.2, 0.25) is 5.02 Å². The van der Waals surface area contributed by atoms with Gasteiger partial charge in [-0.25, -0.2) is 4.79 Å². The van der Waals surface area contributed by atoms with E-state index >= 15 is 0 Å². The van der Waals surface area contributed by atoms with Crippen molar-refractivity contribution in [3.8, 4) is 29.5 Å². The maximum absolute atomic E-state index is 12.3. The van der Waals surface area contributed by atoms with Crippen LogP contribution in [-0.4, -0.2) is 12.6 Å². The Bertz CT molecular complexity index is 1120. The predicted molar refractivity (Wildman–Crippen MR) is 110 cm³/mol. The first-order valence-corrected chi connectivity index (χ1v) is 9.31. The third-order valence-corrected chi connectivity index (χ3v) is 4.35. The second-order valence-corrected chi connectivity index (χ2v) is 6.48. The zero-order valence-electron chi connectivity index (χ0n) is 16.1. The fraction of sp³-hybridized carbons (Fsp3) is 0.182. The minimum Gasteiger partial charge on any atom is -0.462 e. The van der Waals surface area contributed by atoms with Crippen molar-refractivity contribution in [3.05, 3.63) is 63.5 Å². The first kappa shape index (κ1) is 22.3. The highest BCUT2D eigenvalue weighted by molar-refractivity contribution is 6.33. The molecule has 2 aromatic rings. The number of carbonyl (C=O) groups is 1. The molecule has 0 aliphatic carbocycles. The van der Waals surface area contributed by atoms with Crippen LogP contribution in [0, 0.1) is 34.0 Å². The number of rotatable bonds is 7. The minimum atomic E-state index is -0.521. The van der Waals surface area contributed by atoms with Crippen molar-refractivity contribution in [1.29, 1.82) is 15.8 Å². The monoisotopic (exact) mass is 420 g/mol. The highest BCUT2D eigenvalue weighted by Crippen LogP contribution is 2.28. The van der Waals surface area contributed by atoms with Crippen LogP contribution >= 0.6 is 11.6 Å². The molecule has 7 nitrogen and oxygen atoms in total. The number of allylic oxidation sites excluding steroid dienone is 2. The Balaban J connectivity index is 2.35. The van der Waals surface area contributed by atoms with Crippen LogP contribution in [0.3, 0.4) is 0 Å². The molecule has 0 aliphatic rings. The van der Waals surface area contributed by atoms with E-state index in [1.165, 1.54) is 6.08 Å². The first-order chi connectivity index (χ1) is 14.4. The summed E-state index contributed by atoms with van der Waals surface area (Å²) in [6.07, 6.45) is 2.98. The molecule has 1 aromatic carbocycles. The number of nitriles is 3. The number of benzene rings is 1. The Morgan fingerprint density at radius 2 is 1.93 bits per heavy atom. The number of furan rings is 1. The van der Waals surface area contributed by atoms with Crippen LogP contribution in [0.5, 0.6) is 0 Å². The van der Waals surface area contributed by atoms with Gasteiger partial charge < -0.3 is 14.9 Å². The number of halogens is 1. The molecule has 30 heavy (non-hydrogen) atoms. The number of hydrogen-bond donors (Lipinski definition) is 1. The highest BCUT2D eigenvalue weighted by Gasteiger charge is 2.15. The Kier molecular flexibility index (Phi) is 7.82. The summed E-state index contributed by atoms with van der Waals surface area (Å²) in [7, 11) is 0. The van der Waals surface area contributed by atoms with Crippen molar-refractivity contribution in [3.63, 3.8) is 0 Å². The van der Waals surface area contributed by atoms with Gasteiger partial charge in [-0.15, -0.1) is 0 Å². The third kappa shape index (κ3) is 5.29. The van der Waals surface area contributed by atoms with Gasteiger partial charge in [-0.2, -0.15) is 15.8 Å². The molecule has 0 saturated carbocycles. The van der Waals surface area contributed by atoms with Crippen molar-refractivity contribution in [2.24, 2.45) is 5.73 Å². The van der Waals surface area contributed by atoms with Gasteiger partial charge in [0.2, 0.25) is 0 Å². The summed E-state index contributed by atoms with van der Waals surface area (Å²) >= 11 is 6.13. The largest absolute Gasteiger partial charge is 0.462 e. The van der Waals surface area contributed by atoms with Crippen LogP contribution in [0.15, 0.2) is 51.6 Å². The molecule has 2 rings (SSSR count). The lowest BCUT2D eigenvalue weighted by molar-refractivity contribution is 0.0500. The van der Waals surface area contributed by atoms with Gasteiger partial charge in [0, 0.05) is 11.6 Å². The molecular formula is C22H17ClN4O3. The van der Waals surface area contributed by atoms with Crippen LogP contribution in [0.25, 0.3) is 17.4 Å². The number of nitrogens with two attached hydrogens (primary N) is 1. The van der Waals surface area contributed by atoms with Crippen LogP contribution in [-0.2, 0) is 4.74 Å². The van der Waals surface area contributed by atoms with Gasteiger partial charge >= 0.3 is 5.97 Å². The second kappa shape index (κ2) is 10.5. The molecule has 2 N–H and O–H groups in total. The Labute approximate surface area is 178 Å². The van der Waals surface area contributed by atoms with E-state index in [-0.39, 0.29) is 33.2 Å². The van der Waals surface area contributed by atoms with Gasteiger partial charge in [0.1, 0.15) is 29.7 Å². The van der Waals surface area contributed by atoms with Gasteiger partial charge in [0.05, 0.1) is 28.5 Å². The average molecular weight is 421 g/mol. The minimum absolute atomic E-state index is 0.0784. The number of unbranched alkanes of at least 4 members (excludes halogenated alkanes) is 1. The van der Waals surface area contributed by atoms with Crippen LogP contribution < -0.4 is 5.73 Å². The van der Waals surface area contributed by atoms with Crippen molar-refractivity contribution in [2.75, 3.05) is 6.61 Å². The standard InChI is InChI=1S/C22H17ClN4O3/c1-2-3-8-29-22(28)18-10-14(4-6-19(18)23)20-7-5-17(30-20)9-15(11-24)21(27)16(12-25)13-26/h4-7,9-10H,2-3,8,27H2,1H3/b15-9+. The van der Waals surface area contributed by atoms with E-state index in [2.05, 4.69) is 0 Å². The summed E-state index contributed by atoms with van der Waals surface area (Å²) in [6.45, 7) is 2.30. The Morgan fingerprint density at radius 3 is 2.57 bits per heavy atom. The van der Waals surface area contributed by atoms with Gasteiger partial charge in [-0.3, -0.25) is 0 Å². The highest BCUT2D eigenvalue weighted by atomic mass is 35.5. The Hall–Kier alpha value is -3.99. The number of hydrogen-bond acceptors (Lipinski definition) is 7. The zero-order chi connectivity index (χ0) is 22.1. The maximum atomic E-state index is 12.3. The first-order valence-electron chi connectivity index (χ1n) is 8.94. The van der Waals surface area contributed by atoms with Crippen molar-refractivity contribution in [1.82, 2.24) is 0 Å². The lowest BCUT2D eigenvalue weighted by Crippen LogP contribution is -2.07. The molecule has 150 valence electrons. The van der Waals surface area contributed by atoms with Crippen LogP contribution in [0.1, 0.15) is 35.9 Å². The van der Waals surface area contributed by atoms with Crippen LogP contribution in [0.4, 0.5) is 0 Å². The van der Waals surface area contributed by atoms with E-state index in [0.717, 1.165) is 12.8 Å². The summed E-state index contributed by atoms with van der Waals surface area (Å²) in [5.74, 6) is 0.176. The average Bonchev–Trinajstić information content (AvgIpc) is 3.21. The molecule has 0 aliphatic heterocycles. The molecular weight excluding hydrogens is 404 g/mol. The van der Waals surface area contributed by atoms with Crippen molar-refractivity contribution < 1.29 is 13.9 Å². The van der Waals surface area contributed by atoms with Crippen molar-refractivity contribution >= 4 is 23.6 Å². The summed E-state index contributed by atoms with van der Waals surface area (Å²) in [5, 5.41) is 27.3. The normalized spacial score (nSPS) is 10.4. The van der Waals surface area contributed by atoms with E-state index in [4.69, 9.17) is 37.0 Å². The predicted octanol–water partition coefficient (Wildman–Crippen LogP) is 4.72. The number of esters is 1. The zero-order valence-corrected chi connectivity index (χ0v) is 16.9. The molecule has 0 fully saturated rings. The lowest BCUT2D eigenvalue weighted by Gasteiger charge is -2.07. The number of carbonyl (C=O) groups excluding carboxylic acids is 1. The quantitative estimate of drug-likeness (QED) is 0.296. The van der Waals surface area contributed by atoms with E-state index in [9.17, 15) is 10.1 Å². The smallest absolute Gasteiger partial charge is 0.339 e. The molecule has 8 heteroatoms. The molecule has 0 saturated heterocycles. The molecule has 0 atom stereocenters. The molecule has 0 unspecified atom stereocenters. The fourth-order valence-corrected chi connectivity index (χ4v) is 2.59. The molecule has 1 aromatic heterocycles. The van der Waals surface area contributed by atoms with Gasteiger partial charge in [-0.1, -0.05) is 24.9 Å². The van der Waals surface area contributed by atoms with Crippen molar-refractivity contribution in [2.45, 2.75) is 19.8 Å². The SMILES string of the molecule is CCCCOC(=O)c1cc(-c2ccc(/C=C(\C#N)C(N)=C(C#N)C#N)o2)ccc1Cl. The number of ether oxygens (including phenoxy) is 1. The molecule has 0 spiro atoms. The van der Waals surface area contributed by atoms with Gasteiger partial charge in [-0.05, 0) is 36.8 Å². The fourth-order valence-electron chi connectivity index (χ4n) is 2.40. The summed E-state index contributed by atoms with van der Waals surface area (Å²) in [4.78, 5) is 12.3. The van der Waals surface area contributed by atoms with E-state index in [1.807, 2.05) is 13.0 Å². The molecule has 1 heterocycles. The molecule has 0 radical (unpaired) electrons. The maximum Gasteiger partial charge on any atom is 0.339 e.